The van der Waals surface area contributed by atoms with E-state index < -0.39 is 0 Å². The molecule has 0 saturated heterocycles. The van der Waals surface area contributed by atoms with Crippen LogP contribution in [0.3, 0.4) is 0 Å². The first-order chi connectivity index (χ1) is 8.22. The Labute approximate surface area is 106 Å². The van der Waals surface area contributed by atoms with Crippen molar-refractivity contribution in [2.75, 3.05) is 46.7 Å². The Balaban J connectivity index is 3.41. The van der Waals surface area contributed by atoms with E-state index in [-0.39, 0.29) is 0 Å². The summed E-state index contributed by atoms with van der Waals surface area (Å²) in [5, 5.41) is 3.51. The van der Waals surface area contributed by atoms with E-state index in [9.17, 15) is 0 Å². The SMILES string of the molecule is CCOCC(NCCCOCCOC)C(C)C. The van der Waals surface area contributed by atoms with Crippen molar-refractivity contribution in [3.05, 3.63) is 0 Å². The average molecular weight is 247 g/mol. The molecule has 0 spiro atoms. The van der Waals surface area contributed by atoms with E-state index in [1.807, 2.05) is 6.92 Å². The molecular weight excluding hydrogens is 218 g/mol. The topological polar surface area (TPSA) is 39.7 Å². The van der Waals surface area contributed by atoms with Gasteiger partial charge < -0.3 is 19.5 Å². The van der Waals surface area contributed by atoms with Gasteiger partial charge in [-0.25, -0.2) is 0 Å². The van der Waals surface area contributed by atoms with Gasteiger partial charge in [0.05, 0.1) is 19.8 Å². The molecule has 0 fully saturated rings. The van der Waals surface area contributed by atoms with Crippen molar-refractivity contribution in [3.63, 3.8) is 0 Å². The lowest BCUT2D eigenvalue weighted by Gasteiger charge is -2.22. The Hall–Kier alpha value is -0.160. The second kappa shape index (κ2) is 12.3. The van der Waals surface area contributed by atoms with Crippen LogP contribution in [0.1, 0.15) is 27.2 Å². The first kappa shape index (κ1) is 16.8. The summed E-state index contributed by atoms with van der Waals surface area (Å²) < 4.78 is 15.8. The quantitative estimate of drug-likeness (QED) is 0.533. The molecule has 1 atom stereocenters. The van der Waals surface area contributed by atoms with Gasteiger partial charge in [-0.3, -0.25) is 0 Å². The first-order valence-corrected chi connectivity index (χ1v) is 6.60. The molecule has 0 radical (unpaired) electrons. The van der Waals surface area contributed by atoms with E-state index in [1.165, 1.54) is 0 Å². The van der Waals surface area contributed by atoms with Crippen molar-refractivity contribution in [2.45, 2.75) is 33.2 Å². The smallest absolute Gasteiger partial charge is 0.0700 e. The molecule has 104 valence electrons. The van der Waals surface area contributed by atoms with E-state index in [4.69, 9.17) is 14.2 Å². The van der Waals surface area contributed by atoms with Gasteiger partial charge in [0, 0.05) is 26.4 Å². The number of ether oxygens (including phenoxy) is 3. The average Bonchev–Trinajstić information content (AvgIpc) is 2.31. The molecule has 0 saturated carbocycles. The van der Waals surface area contributed by atoms with Crippen LogP contribution in [-0.4, -0.2) is 52.7 Å². The number of hydrogen-bond donors (Lipinski definition) is 1. The van der Waals surface area contributed by atoms with Crippen LogP contribution in [0.2, 0.25) is 0 Å². The summed E-state index contributed by atoms with van der Waals surface area (Å²) in [6.07, 6.45) is 1.03. The minimum Gasteiger partial charge on any atom is -0.382 e. The van der Waals surface area contributed by atoms with Gasteiger partial charge in [0.2, 0.25) is 0 Å². The third-order valence-electron chi connectivity index (χ3n) is 2.61. The van der Waals surface area contributed by atoms with Gasteiger partial charge in [0.25, 0.3) is 0 Å². The van der Waals surface area contributed by atoms with Crippen molar-refractivity contribution in [2.24, 2.45) is 5.92 Å². The van der Waals surface area contributed by atoms with E-state index in [2.05, 4.69) is 19.2 Å². The van der Waals surface area contributed by atoms with Crippen LogP contribution >= 0.6 is 0 Å². The van der Waals surface area contributed by atoms with Crippen molar-refractivity contribution >= 4 is 0 Å². The molecule has 0 rings (SSSR count). The predicted octanol–water partition coefficient (Wildman–Crippen LogP) is 1.69. The molecule has 0 aliphatic heterocycles. The summed E-state index contributed by atoms with van der Waals surface area (Å²) in [6.45, 7) is 11.1. The normalized spacial score (nSPS) is 13.2. The van der Waals surface area contributed by atoms with Crippen molar-refractivity contribution in [1.82, 2.24) is 5.32 Å². The summed E-state index contributed by atoms with van der Waals surface area (Å²) in [7, 11) is 1.69. The van der Waals surface area contributed by atoms with E-state index >= 15 is 0 Å². The van der Waals surface area contributed by atoms with Gasteiger partial charge in [-0.1, -0.05) is 13.8 Å². The summed E-state index contributed by atoms with van der Waals surface area (Å²) in [5.74, 6) is 0.593. The van der Waals surface area contributed by atoms with E-state index in [0.717, 1.165) is 32.8 Å². The molecule has 0 amide bonds. The Bertz CT molecular complexity index is 154. The maximum Gasteiger partial charge on any atom is 0.0700 e. The fourth-order valence-electron chi connectivity index (χ4n) is 1.44. The highest BCUT2D eigenvalue weighted by molar-refractivity contribution is 4.69. The molecule has 0 aliphatic rings. The second-order valence-electron chi connectivity index (χ2n) is 4.42. The highest BCUT2D eigenvalue weighted by Crippen LogP contribution is 2.02. The number of hydrogen-bond acceptors (Lipinski definition) is 4. The van der Waals surface area contributed by atoms with Crippen molar-refractivity contribution < 1.29 is 14.2 Å². The van der Waals surface area contributed by atoms with Crippen LogP contribution < -0.4 is 5.32 Å². The zero-order valence-corrected chi connectivity index (χ0v) is 11.8. The van der Waals surface area contributed by atoms with Gasteiger partial charge in [-0.2, -0.15) is 0 Å². The van der Waals surface area contributed by atoms with Crippen molar-refractivity contribution in [1.29, 1.82) is 0 Å². The van der Waals surface area contributed by atoms with Crippen LogP contribution in [0.25, 0.3) is 0 Å². The Morgan fingerprint density at radius 2 is 1.82 bits per heavy atom. The Morgan fingerprint density at radius 1 is 1.06 bits per heavy atom. The number of nitrogens with one attached hydrogen (secondary N) is 1. The van der Waals surface area contributed by atoms with E-state index in [1.54, 1.807) is 7.11 Å². The minimum absolute atomic E-state index is 0.439. The van der Waals surface area contributed by atoms with Crippen LogP contribution in [0, 0.1) is 5.92 Å². The molecule has 0 aromatic heterocycles. The molecule has 0 heterocycles. The fourth-order valence-corrected chi connectivity index (χ4v) is 1.44. The highest BCUT2D eigenvalue weighted by atomic mass is 16.5. The first-order valence-electron chi connectivity index (χ1n) is 6.60. The summed E-state index contributed by atoms with van der Waals surface area (Å²) in [4.78, 5) is 0. The van der Waals surface area contributed by atoms with Gasteiger partial charge in [0.1, 0.15) is 0 Å². The lowest BCUT2D eigenvalue weighted by molar-refractivity contribution is 0.0674. The lowest BCUT2D eigenvalue weighted by atomic mass is 10.1. The van der Waals surface area contributed by atoms with Crippen LogP contribution in [-0.2, 0) is 14.2 Å². The zero-order chi connectivity index (χ0) is 12.9. The molecular formula is C13H29NO3. The number of methoxy groups -OCH3 is 1. The monoisotopic (exact) mass is 247 g/mol. The fraction of sp³-hybridized carbons (Fsp3) is 1.00. The summed E-state index contributed by atoms with van der Waals surface area (Å²) in [6, 6.07) is 0.439. The van der Waals surface area contributed by atoms with Crippen molar-refractivity contribution in [3.8, 4) is 0 Å². The molecule has 4 nitrogen and oxygen atoms in total. The van der Waals surface area contributed by atoms with Gasteiger partial charge in [-0.15, -0.1) is 0 Å². The molecule has 0 bridgehead atoms. The minimum atomic E-state index is 0.439. The third kappa shape index (κ3) is 10.7. The molecule has 4 heteroatoms. The molecule has 17 heavy (non-hydrogen) atoms. The zero-order valence-electron chi connectivity index (χ0n) is 11.8. The predicted molar refractivity (Wildman–Crippen MR) is 70.4 cm³/mol. The molecule has 0 aromatic carbocycles. The molecule has 0 aliphatic carbocycles. The van der Waals surface area contributed by atoms with Gasteiger partial charge in [-0.05, 0) is 25.8 Å². The van der Waals surface area contributed by atoms with E-state index in [0.29, 0.717) is 25.2 Å². The van der Waals surface area contributed by atoms with Crippen LogP contribution in [0.15, 0.2) is 0 Å². The second-order valence-corrected chi connectivity index (χ2v) is 4.42. The highest BCUT2D eigenvalue weighted by Gasteiger charge is 2.11. The maximum atomic E-state index is 5.46. The van der Waals surface area contributed by atoms with Gasteiger partial charge in [0.15, 0.2) is 0 Å². The van der Waals surface area contributed by atoms with Crippen LogP contribution in [0.5, 0.6) is 0 Å². The molecule has 1 unspecified atom stereocenters. The van der Waals surface area contributed by atoms with Gasteiger partial charge >= 0.3 is 0 Å². The molecule has 1 N–H and O–H groups in total. The maximum absolute atomic E-state index is 5.46. The third-order valence-corrected chi connectivity index (χ3v) is 2.61. The Morgan fingerprint density at radius 3 is 2.41 bits per heavy atom. The molecule has 0 aromatic rings. The Kier molecular flexibility index (Phi) is 12.2. The van der Waals surface area contributed by atoms with Crippen LogP contribution in [0.4, 0.5) is 0 Å². The summed E-state index contributed by atoms with van der Waals surface area (Å²) >= 11 is 0. The number of rotatable bonds is 12. The lowest BCUT2D eigenvalue weighted by Crippen LogP contribution is -2.38. The largest absolute Gasteiger partial charge is 0.382 e. The standard InChI is InChI=1S/C13H29NO3/c1-5-16-11-13(12(2)3)14-7-6-8-17-10-9-15-4/h12-14H,5-11H2,1-4H3. The summed E-state index contributed by atoms with van der Waals surface area (Å²) in [5.41, 5.74) is 0.